The van der Waals surface area contributed by atoms with E-state index < -0.39 is 46.4 Å². The van der Waals surface area contributed by atoms with E-state index in [2.05, 4.69) is 31.5 Å². The summed E-state index contributed by atoms with van der Waals surface area (Å²) < 4.78 is 121. The van der Waals surface area contributed by atoms with E-state index in [0.29, 0.717) is 45.0 Å². The van der Waals surface area contributed by atoms with Crippen LogP contribution < -0.4 is 32.4 Å². The minimum absolute atomic E-state index is 0.0270. The van der Waals surface area contributed by atoms with Crippen molar-refractivity contribution < 1.29 is 73.9 Å². The van der Waals surface area contributed by atoms with Gasteiger partial charge in [0.25, 0.3) is 22.9 Å². The predicted octanol–water partition coefficient (Wildman–Crippen LogP) is 7.36. The molecule has 4 heterocycles. The van der Waals surface area contributed by atoms with Gasteiger partial charge in [0.05, 0.1) is 149 Å². The van der Waals surface area contributed by atoms with Gasteiger partial charge in [-0.05, 0) is 123 Å². The Hall–Kier alpha value is -10.6. The summed E-state index contributed by atoms with van der Waals surface area (Å²) in [7, 11) is 0. The lowest BCUT2D eigenvalue weighted by Crippen LogP contribution is -2.35. The van der Waals surface area contributed by atoms with E-state index >= 15 is 0 Å². The number of nitriles is 2. The molecule has 30 heteroatoms. The molecule has 4 amide bonds. The second kappa shape index (κ2) is 35.4. The Morgan fingerprint density at radius 2 is 0.765 bits per heavy atom. The largest absolute Gasteiger partial charge is 0.416 e. The highest BCUT2D eigenvalue weighted by Crippen LogP contribution is 2.34. The van der Waals surface area contributed by atoms with Gasteiger partial charge in [-0.25, -0.2) is 9.36 Å². The molecule has 4 aromatic carbocycles. The van der Waals surface area contributed by atoms with Crippen molar-refractivity contribution in [3.63, 3.8) is 0 Å². The number of amides is 4. The number of benzene rings is 4. The molecule has 0 bridgehead atoms. The predicted molar refractivity (Wildman–Crippen MR) is 343 cm³/mol. The standard InChI is InChI=1S/C68H68F6N12O12/c1-45-55(59-19-21-81-85(59)51-13-9-47(43-75)10-14-51)41-57(65(91)83(45)53-7-3-5-49(39-53)67(69,70)71)63(89)79-25-29-95-33-37-97-35-31-93-27-23-77-61(87)17-18-62(88)78-24-28-94-32-36-98-38-34-96-30-26-80-64(90)58-42-56(60-20-22-82-86(60)52-15-11-48(44-76)12-16-52)46(2)84(66(58)92)54-8-4-6-50(40-54)68(72,73)74/h3-16,19-22,39-42H,17-18,23-38H2,1-2H3,(H,77,87)(H,78,88)(H,79,89)(H,80,90). The maximum absolute atomic E-state index is 14.0. The van der Waals surface area contributed by atoms with Crippen LogP contribution in [0.3, 0.4) is 0 Å². The van der Waals surface area contributed by atoms with Crippen LogP contribution in [-0.2, 0) is 50.4 Å². The number of rotatable bonds is 35. The summed E-state index contributed by atoms with van der Waals surface area (Å²) >= 11 is 0. The molecule has 0 atom stereocenters. The summed E-state index contributed by atoms with van der Waals surface area (Å²) in [5, 5.41) is 38.0. The molecule has 0 saturated heterocycles. The smallest absolute Gasteiger partial charge is 0.377 e. The number of ether oxygens (including phenoxy) is 6. The average molecular weight is 1360 g/mol. The number of carbonyl (C=O) groups excluding carboxylic acids is 4. The van der Waals surface area contributed by atoms with E-state index in [4.69, 9.17) is 28.4 Å². The number of hydrogen-bond acceptors (Lipinski definition) is 16. The first-order chi connectivity index (χ1) is 47.2. The minimum atomic E-state index is -4.71. The normalized spacial score (nSPS) is 11.4. The van der Waals surface area contributed by atoms with E-state index in [1.807, 2.05) is 12.1 Å². The molecule has 0 aliphatic rings. The second-order valence-corrected chi connectivity index (χ2v) is 21.5. The van der Waals surface area contributed by atoms with Crippen molar-refractivity contribution in [3.05, 3.63) is 199 Å². The van der Waals surface area contributed by atoms with E-state index in [9.17, 15) is 65.6 Å². The molecule has 0 spiro atoms. The average Bonchev–Trinajstić information content (AvgIpc) is 1.26. The summed E-state index contributed by atoms with van der Waals surface area (Å²) in [4.78, 5) is 79.7. The fraction of sp³-hybridized carbons (Fsp3) is 0.324. The zero-order valence-electron chi connectivity index (χ0n) is 53.2. The van der Waals surface area contributed by atoms with Gasteiger partial charge in [-0.15, -0.1) is 0 Å². The van der Waals surface area contributed by atoms with Crippen LogP contribution in [0.15, 0.2) is 143 Å². The second-order valence-electron chi connectivity index (χ2n) is 21.5. The Labute approximate surface area is 557 Å². The van der Waals surface area contributed by atoms with Crippen LogP contribution in [0.4, 0.5) is 26.3 Å². The number of nitrogens with one attached hydrogen (secondary N) is 4. The molecule has 98 heavy (non-hydrogen) atoms. The molecule has 0 radical (unpaired) electrons. The number of pyridine rings is 2. The number of alkyl halides is 6. The van der Waals surface area contributed by atoms with Crippen LogP contribution in [-0.4, -0.2) is 158 Å². The van der Waals surface area contributed by atoms with Gasteiger partial charge in [-0.1, -0.05) is 12.1 Å². The SMILES string of the molecule is Cc1c(-c2ccnn2-c2ccc(C#N)cc2)cc(C(=O)NCCOCCOCCOCCNC(=O)CCC(=O)NCCOCCOCCOCCNC(=O)c2cc(-c3ccnn3-c3ccc(C#N)cc3)c(C)n(-c3cccc(C(F)(F)F)c3)c2=O)c(=O)n1-c1cccc(C(F)(F)F)c1. The first-order valence-corrected chi connectivity index (χ1v) is 30.7. The molecule has 4 aromatic heterocycles. The number of hydrogen-bond donors (Lipinski definition) is 4. The van der Waals surface area contributed by atoms with Crippen LogP contribution >= 0.6 is 0 Å². The van der Waals surface area contributed by atoms with Crippen LogP contribution in [0.2, 0.25) is 0 Å². The highest BCUT2D eigenvalue weighted by Gasteiger charge is 2.33. The fourth-order valence-electron chi connectivity index (χ4n) is 9.97. The van der Waals surface area contributed by atoms with Crippen LogP contribution in [0.1, 0.15) is 67.2 Å². The molecule has 0 fully saturated rings. The maximum Gasteiger partial charge on any atom is 0.416 e. The van der Waals surface area contributed by atoms with E-state index in [1.54, 1.807) is 74.5 Å². The van der Waals surface area contributed by atoms with Gasteiger partial charge in [0.15, 0.2) is 0 Å². The zero-order valence-corrected chi connectivity index (χ0v) is 53.2. The highest BCUT2D eigenvalue weighted by molar-refractivity contribution is 5.96. The van der Waals surface area contributed by atoms with E-state index in [0.717, 1.165) is 33.4 Å². The molecule has 0 saturated carbocycles. The third-order valence-corrected chi connectivity index (χ3v) is 14.8. The Kier molecular flexibility index (Phi) is 26.5. The molecular weight excluding hydrogens is 1290 g/mol. The van der Waals surface area contributed by atoms with Gasteiger partial charge in [0, 0.05) is 72.9 Å². The molecule has 24 nitrogen and oxygen atoms in total. The van der Waals surface area contributed by atoms with Gasteiger partial charge in [0.1, 0.15) is 11.1 Å². The first kappa shape index (κ1) is 73.2. The van der Waals surface area contributed by atoms with Crippen molar-refractivity contribution in [2.75, 3.05) is 105 Å². The summed E-state index contributed by atoms with van der Waals surface area (Å²) in [6.45, 7) is 5.34. The molecule has 514 valence electrons. The summed E-state index contributed by atoms with van der Waals surface area (Å²) in [6, 6.07) is 31.5. The third kappa shape index (κ3) is 20.0. The van der Waals surface area contributed by atoms with Gasteiger partial charge in [0.2, 0.25) is 11.8 Å². The van der Waals surface area contributed by atoms with Crippen molar-refractivity contribution >= 4 is 23.6 Å². The van der Waals surface area contributed by atoms with Crippen molar-refractivity contribution in [3.8, 4) is 57.4 Å². The highest BCUT2D eigenvalue weighted by atomic mass is 19.4. The van der Waals surface area contributed by atoms with Crippen LogP contribution in [0, 0.1) is 36.5 Å². The number of carbonyl (C=O) groups is 4. The van der Waals surface area contributed by atoms with Crippen LogP contribution in [0.25, 0.3) is 45.3 Å². The molecule has 8 aromatic rings. The quantitative estimate of drug-likeness (QED) is 0.0223. The van der Waals surface area contributed by atoms with Gasteiger partial charge in [-0.2, -0.15) is 47.1 Å². The Balaban J connectivity index is 0.644. The summed E-state index contributed by atoms with van der Waals surface area (Å²) in [6.07, 6.45) is -6.54. The van der Waals surface area contributed by atoms with Crippen molar-refractivity contribution in [1.29, 1.82) is 10.5 Å². The number of aromatic nitrogens is 6. The topological polar surface area (TPSA) is 299 Å². The lowest BCUT2D eigenvalue weighted by Gasteiger charge is -2.19. The van der Waals surface area contributed by atoms with Crippen molar-refractivity contribution in [1.82, 2.24) is 50.0 Å². The van der Waals surface area contributed by atoms with Gasteiger partial charge < -0.3 is 49.7 Å². The molecule has 4 N–H and O–H groups in total. The number of nitrogens with zero attached hydrogens (tertiary/aromatic N) is 8. The minimum Gasteiger partial charge on any atom is -0.377 e. The molecule has 0 aliphatic heterocycles. The Morgan fingerprint density at radius 1 is 0.439 bits per heavy atom. The Morgan fingerprint density at radius 3 is 1.09 bits per heavy atom. The first-order valence-electron chi connectivity index (χ1n) is 30.7. The van der Waals surface area contributed by atoms with Crippen molar-refractivity contribution in [2.24, 2.45) is 0 Å². The number of halogens is 6. The zero-order chi connectivity index (χ0) is 70.2. The molecule has 0 unspecified atom stereocenters. The van der Waals surface area contributed by atoms with Gasteiger partial charge in [-0.3, -0.25) is 37.9 Å². The lowest BCUT2D eigenvalue weighted by molar-refractivity contribution is -0.138. The molecule has 0 aliphatic carbocycles. The maximum atomic E-state index is 14.0. The van der Waals surface area contributed by atoms with Crippen molar-refractivity contribution in [2.45, 2.75) is 39.0 Å². The molecular formula is C68H68F6N12O12. The van der Waals surface area contributed by atoms with Crippen LogP contribution in [0.5, 0.6) is 0 Å². The monoisotopic (exact) mass is 1360 g/mol. The lowest BCUT2D eigenvalue weighted by atomic mass is 10.0. The van der Waals surface area contributed by atoms with Gasteiger partial charge >= 0.3 is 12.4 Å². The molecule has 8 rings (SSSR count). The summed E-state index contributed by atoms with van der Waals surface area (Å²) in [5.41, 5.74) is -0.715. The third-order valence-electron chi connectivity index (χ3n) is 14.8. The fourth-order valence-corrected chi connectivity index (χ4v) is 9.97. The Bertz CT molecular complexity index is 4000. The summed E-state index contributed by atoms with van der Waals surface area (Å²) in [5.74, 6) is -2.28. The van der Waals surface area contributed by atoms with E-state index in [1.165, 1.54) is 58.2 Å². The van der Waals surface area contributed by atoms with E-state index in [-0.39, 0.29) is 164 Å².